The maximum atomic E-state index is 4.37. The largest absolute Gasteiger partial charge is 0.313 e. The van der Waals surface area contributed by atoms with Gasteiger partial charge in [-0.2, -0.15) is 0 Å². The van der Waals surface area contributed by atoms with Crippen LogP contribution >= 0.6 is 11.8 Å². The van der Waals surface area contributed by atoms with Crippen molar-refractivity contribution in [3.8, 4) is 0 Å². The molecular weight excluding hydrogens is 192 g/mol. The van der Waals surface area contributed by atoms with Crippen LogP contribution in [-0.2, 0) is 0 Å². The molecule has 1 aromatic heterocycles. The first-order valence-corrected chi connectivity index (χ1v) is 6.12. The van der Waals surface area contributed by atoms with Gasteiger partial charge in [0.05, 0.1) is 5.03 Å². The monoisotopic (exact) mass is 208 g/mol. The number of rotatable bonds is 3. The fourth-order valence-corrected chi connectivity index (χ4v) is 2.57. The Labute approximate surface area is 89.5 Å². The molecule has 1 aromatic rings. The van der Waals surface area contributed by atoms with Gasteiger partial charge in [0.1, 0.15) is 0 Å². The Bertz CT molecular complexity index is 278. The van der Waals surface area contributed by atoms with Gasteiger partial charge in [-0.25, -0.2) is 4.98 Å². The minimum absolute atomic E-state index is 0.697. The summed E-state index contributed by atoms with van der Waals surface area (Å²) in [6.45, 7) is 3.26. The first-order chi connectivity index (χ1) is 6.84. The van der Waals surface area contributed by atoms with E-state index in [2.05, 4.69) is 29.4 Å². The number of aromatic nitrogens is 1. The zero-order valence-corrected chi connectivity index (χ0v) is 9.31. The second-order valence-corrected chi connectivity index (χ2v) is 4.82. The van der Waals surface area contributed by atoms with Crippen molar-refractivity contribution in [2.45, 2.75) is 30.8 Å². The molecule has 0 aliphatic carbocycles. The zero-order valence-electron chi connectivity index (χ0n) is 8.49. The van der Waals surface area contributed by atoms with Crippen molar-refractivity contribution >= 4 is 11.8 Å². The minimum atomic E-state index is 0.697. The van der Waals surface area contributed by atoms with Crippen LogP contribution < -0.4 is 5.32 Å². The summed E-state index contributed by atoms with van der Waals surface area (Å²) in [6.07, 6.45) is 4.58. The van der Waals surface area contributed by atoms with Crippen LogP contribution in [-0.4, -0.2) is 23.3 Å². The van der Waals surface area contributed by atoms with E-state index in [9.17, 15) is 0 Å². The highest BCUT2D eigenvalue weighted by atomic mass is 32.2. The van der Waals surface area contributed by atoms with Gasteiger partial charge in [-0.3, -0.25) is 0 Å². The van der Waals surface area contributed by atoms with Crippen LogP contribution in [0.1, 0.15) is 18.4 Å². The van der Waals surface area contributed by atoms with Gasteiger partial charge in [-0.15, -0.1) is 11.8 Å². The van der Waals surface area contributed by atoms with Crippen LogP contribution in [0.4, 0.5) is 0 Å². The molecule has 0 radical (unpaired) electrons. The molecule has 1 aliphatic heterocycles. The van der Waals surface area contributed by atoms with E-state index in [0.717, 1.165) is 10.8 Å². The molecule has 0 spiro atoms. The molecule has 1 saturated heterocycles. The van der Waals surface area contributed by atoms with E-state index < -0.39 is 0 Å². The number of aryl methyl sites for hydroxylation is 1. The molecule has 14 heavy (non-hydrogen) atoms. The van der Waals surface area contributed by atoms with E-state index in [0.29, 0.717) is 6.04 Å². The summed E-state index contributed by atoms with van der Waals surface area (Å²) in [5, 5.41) is 4.63. The Hall–Kier alpha value is -0.540. The lowest BCUT2D eigenvalue weighted by Crippen LogP contribution is -2.23. The quantitative estimate of drug-likeness (QED) is 0.771. The van der Waals surface area contributed by atoms with Gasteiger partial charge < -0.3 is 5.32 Å². The van der Waals surface area contributed by atoms with E-state index in [1.165, 1.54) is 24.9 Å². The molecule has 2 heterocycles. The molecule has 76 valence electrons. The van der Waals surface area contributed by atoms with Crippen LogP contribution in [0.3, 0.4) is 0 Å². The van der Waals surface area contributed by atoms with Crippen molar-refractivity contribution in [2.24, 2.45) is 0 Å². The second kappa shape index (κ2) is 4.80. The summed E-state index contributed by atoms with van der Waals surface area (Å²) in [7, 11) is 0. The fourth-order valence-electron chi connectivity index (χ4n) is 1.62. The predicted molar refractivity (Wildman–Crippen MR) is 60.7 cm³/mol. The smallest absolute Gasteiger partial charge is 0.0960 e. The number of pyridine rings is 1. The van der Waals surface area contributed by atoms with E-state index >= 15 is 0 Å². The highest BCUT2D eigenvalue weighted by Crippen LogP contribution is 2.19. The molecule has 3 heteroatoms. The third kappa shape index (κ3) is 2.72. The topological polar surface area (TPSA) is 24.9 Å². The highest BCUT2D eigenvalue weighted by molar-refractivity contribution is 7.99. The lowest BCUT2D eigenvalue weighted by atomic mass is 10.3. The molecule has 1 N–H and O–H groups in total. The van der Waals surface area contributed by atoms with Crippen molar-refractivity contribution < 1.29 is 0 Å². The van der Waals surface area contributed by atoms with Crippen LogP contribution in [0.25, 0.3) is 0 Å². The summed E-state index contributed by atoms with van der Waals surface area (Å²) in [4.78, 5) is 4.37. The van der Waals surface area contributed by atoms with Gasteiger partial charge >= 0.3 is 0 Å². The van der Waals surface area contributed by atoms with Gasteiger partial charge in [0.25, 0.3) is 0 Å². The summed E-state index contributed by atoms with van der Waals surface area (Å²) in [5.74, 6) is 1.15. The molecule has 2 nitrogen and oxygen atoms in total. The molecule has 1 fully saturated rings. The molecular formula is C11H16N2S. The average molecular weight is 208 g/mol. The molecule has 2 rings (SSSR count). The second-order valence-electron chi connectivity index (χ2n) is 3.78. The number of hydrogen-bond acceptors (Lipinski definition) is 3. The number of thioether (sulfide) groups is 1. The SMILES string of the molecule is Cc1ccc(SC[C@@H]2CCCN2)nc1. The Morgan fingerprint density at radius 1 is 1.57 bits per heavy atom. The maximum absolute atomic E-state index is 4.37. The number of nitrogens with one attached hydrogen (secondary N) is 1. The van der Waals surface area contributed by atoms with Crippen LogP contribution in [0.5, 0.6) is 0 Å². The first-order valence-electron chi connectivity index (χ1n) is 5.13. The Morgan fingerprint density at radius 2 is 2.50 bits per heavy atom. The fraction of sp³-hybridized carbons (Fsp3) is 0.545. The van der Waals surface area contributed by atoms with Crippen molar-refractivity contribution in [2.75, 3.05) is 12.3 Å². The van der Waals surface area contributed by atoms with E-state index in [1.54, 1.807) is 0 Å². The van der Waals surface area contributed by atoms with Crippen LogP contribution in [0.2, 0.25) is 0 Å². The standard InChI is InChI=1S/C11H16N2S/c1-9-4-5-11(13-7-9)14-8-10-3-2-6-12-10/h4-5,7,10,12H,2-3,6,8H2,1H3/t10-/m0/s1. The molecule has 0 aromatic carbocycles. The summed E-state index contributed by atoms with van der Waals surface area (Å²) >= 11 is 1.85. The van der Waals surface area contributed by atoms with Crippen molar-refractivity contribution in [1.82, 2.24) is 10.3 Å². The Kier molecular flexibility index (Phi) is 3.43. The molecule has 0 unspecified atom stereocenters. The first kappa shape index (κ1) is 9.99. The normalized spacial score (nSPS) is 21.4. The summed E-state index contributed by atoms with van der Waals surface area (Å²) in [6, 6.07) is 4.93. The molecule has 0 amide bonds. The molecule has 0 saturated carbocycles. The average Bonchev–Trinajstić information content (AvgIpc) is 2.70. The van der Waals surface area contributed by atoms with Crippen molar-refractivity contribution in [1.29, 1.82) is 0 Å². The maximum Gasteiger partial charge on any atom is 0.0960 e. The Balaban J connectivity index is 1.82. The predicted octanol–water partition coefficient (Wildman–Crippen LogP) is 2.23. The van der Waals surface area contributed by atoms with Crippen molar-refractivity contribution in [3.05, 3.63) is 23.9 Å². The number of nitrogens with zero attached hydrogens (tertiary/aromatic N) is 1. The van der Waals surface area contributed by atoms with Crippen molar-refractivity contribution in [3.63, 3.8) is 0 Å². The summed E-state index contributed by atoms with van der Waals surface area (Å²) < 4.78 is 0. The highest BCUT2D eigenvalue weighted by Gasteiger charge is 2.13. The summed E-state index contributed by atoms with van der Waals surface area (Å²) in [5.41, 5.74) is 1.23. The third-order valence-electron chi connectivity index (χ3n) is 2.48. The molecule has 1 aliphatic rings. The van der Waals surface area contributed by atoms with E-state index in [-0.39, 0.29) is 0 Å². The van der Waals surface area contributed by atoms with Gasteiger partial charge in [0.2, 0.25) is 0 Å². The van der Waals surface area contributed by atoms with E-state index in [1.807, 2.05) is 18.0 Å². The third-order valence-corrected chi connectivity index (χ3v) is 3.59. The van der Waals surface area contributed by atoms with Gasteiger partial charge in [-0.1, -0.05) is 6.07 Å². The van der Waals surface area contributed by atoms with Gasteiger partial charge in [0.15, 0.2) is 0 Å². The lowest BCUT2D eigenvalue weighted by Gasteiger charge is -2.08. The minimum Gasteiger partial charge on any atom is -0.313 e. The zero-order chi connectivity index (χ0) is 9.80. The van der Waals surface area contributed by atoms with Crippen LogP contribution in [0.15, 0.2) is 23.4 Å². The van der Waals surface area contributed by atoms with Gasteiger partial charge in [-0.05, 0) is 37.9 Å². The van der Waals surface area contributed by atoms with Gasteiger partial charge in [0, 0.05) is 18.0 Å². The lowest BCUT2D eigenvalue weighted by molar-refractivity contribution is 0.673. The number of hydrogen-bond donors (Lipinski definition) is 1. The van der Waals surface area contributed by atoms with E-state index in [4.69, 9.17) is 0 Å². The van der Waals surface area contributed by atoms with Crippen LogP contribution in [0, 0.1) is 6.92 Å². The molecule has 0 bridgehead atoms. The molecule has 1 atom stereocenters. The Morgan fingerprint density at radius 3 is 3.14 bits per heavy atom.